The van der Waals surface area contributed by atoms with Gasteiger partial charge in [-0.2, -0.15) is 5.26 Å². The third kappa shape index (κ3) is 3.93. The van der Waals surface area contributed by atoms with Crippen LogP contribution in [0, 0.1) is 18.3 Å². The van der Waals surface area contributed by atoms with E-state index in [2.05, 4.69) is 9.97 Å². The Morgan fingerprint density at radius 2 is 1.87 bits per heavy atom. The zero-order chi connectivity index (χ0) is 22.1. The van der Waals surface area contributed by atoms with Gasteiger partial charge in [-0.25, -0.2) is 9.97 Å². The number of aromatic nitrogens is 3. The van der Waals surface area contributed by atoms with Crippen LogP contribution in [0.25, 0.3) is 16.6 Å². The van der Waals surface area contributed by atoms with E-state index < -0.39 is 11.3 Å². The summed E-state index contributed by atoms with van der Waals surface area (Å²) in [5.41, 5.74) is 1.20. The minimum absolute atomic E-state index is 0.0404. The maximum atomic E-state index is 13.4. The van der Waals surface area contributed by atoms with Crippen molar-refractivity contribution >= 4 is 39.9 Å². The molecule has 0 amide bonds. The van der Waals surface area contributed by atoms with Gasteiger partial charge in [0.05, 0.1) is 33.6 Å². The minimum atomic E-state index is -0.429. The quantitative estimate of drug-likeness (QED) is 0.422. The second kappa shape index (κ2) is 8.31. The first-order chi connectivity index (χ1) is 14.9. The monoisotopic (exact) mass is 448 g/mol. The summed E-state index contributed by atoms with van der Waals surface area (Å²) in [4.78, 5) is 35.2. The second-order valence-electron chi connectivity index (χ2n) is 6.84. The molecule has 0 atom stereocenters. The van der Waals surface area contributed by atoms with Crippen LogP contribution in [0.2, 0.25) is 10.0 Å². The van der Waals surface area contributed by atoms with E-state index in [0.717, 1.165) is 0 Å². The molecule has 0 N–H and O–H groups in total. The first kappa shape index (κ1) is 20.7. The topological polar surface area (TPSA) is 88.6 Å². The van der Waals surface area contributed by atoms with E-state index in [4.69, 9.17) is 23.2 Å². The number of hydrogen-bond acceptors (Lipinski definition) is 5. The van der Waals surface area contributed by atoms with Crippen LogP contribution in [0.1, 0.15) is 27.6 Å². The number of pyridine rings is 1. The fraction of sp³-hybridized carbons (Fsp3) is 0.0870. The van der Waals surface area contributed by atoms with E-state index in [1.165, 1.54) is 10.6 Å². The molecule has 2 aromatic heterocycles. The lowest BCUT2D eigenvalue weighted by Crippen LogP contribution is -2.26. The highest BCUT2D eigenvalue weighted by Gasteiger charge is 2.21. The molecule has 0 aliphatic carbocycles. The Hall–Kier alpha value is -3.53. The van der Waals surface area contributed by atoms with E-state index >= 15 is 0 Å². The molecular formula is C23H14Cl2N4O2. The zero-order valence-electron chi connectivity index (χ0n) is 16.3. The highest BCUT2D eigenvalue weighted by atomic mass is 35.5. The van der Waals surface area contributed by atoms with Gasteiger partial charge in [0.25, 0.3) is 5.56 Å². The molecule has 4 aromatic rings. The summed E-state index contributed by atoms with van der Waals surface area (Å²) in [6.07, 6.45) is -0.246. The molecule has 2 aromatic carbocycles. The summed E-state index contributed by atoms with van der Waals surface area (Å²) in [6.45, 7) is 1.73. The van der Waals surface area contributed by atoms with Crippen LogP contribution in [0.15, 0.2) is 59.4 Å². The van der Waals surface area contributed by atoms with Crippen LogP contribution in [0.4, 0.5) is 0 Å². The largest absolute Gasteiger partial charge is 0.292 e. The number of aryl methyl sites for hydroxylation is 1. The summed E-state index contributed by atoms with van der Waals surface area (Å²) in [5.74, 6) is -0.244. The second-order valence-corrected chi connectivity index (χ2v) is 7.69. The number of ketones is 1. The predicted molar refractivity (Wildman–Crippen MR) is 119 cm³/mol. The molecule has 0 aliphatic heterocycles. The van der Waals surface area contributed by atoms with Crippen LogP contribution in [0.3, 0.4) is 0 Å². The molecule has 152 valence electrons. The van der Waals surface area contributed by atoms with Crippen molar-refractivity contribution in [3.05, 3.63) is 97.8 Å². The number of hydrogen-bond donors (Lipinski definition) is 0. The first-order valence-corrected chi connectivity index (χ1v) is 10.0. The Bertz CT molecular complexity index is 1450. The van der Waals surface area contributed by atoms with Crippen molar-refractivity contribution in [2.45, 2.75) is 13.3 Å². The Labute approximate surface area is 187 Å². The molecule has 31 heavy (non-hydrogen) atoms. The maximum absolute atomic E-state index is 13.4. The third-order valence-electron chi connectivity index (χ3n) is 4.73. The number of Topliss-reactive ketones (excluding diaryl/α,β-unsaturated/α-hetero) is 1. The van der Waals surface area contributed by atoms with Gasteiger partial charge in [-0.1, -0.05) is 35.3 Å². The number of nitriles is 1. The number of carbonyl (C=O) groups is 1. The lowest BCUT2D eigenvalue weighted by atomic mass is 10.1. The summed E-state index contributed by atoms with van der Waals surface area (Å²) < 4.78 is 1.31. The molecule has 0 saturated heterocycles. The van der Waals surface area contributed by atoms with Crippen molar-refractivity contribution in [3.63, 3.8) is 0 Å². The SMILES string of the molecule is Cc1ccc(C#N)c(C(=O)Cc2nc3ccc(Cl)cc3c(=O)n2-c2ccccc2Cl)n1. The van der Waals surface area contributed by atoms with E-state index in [0.29, 0.717) is 32.3 Å². The van der Waals surface area contributed by atoms with Gasteiger partial charge in [0.1, 0.15) is 17.6 Å². The van der Waals surface area contributed by atoms with E-state index in [1.807, 2.05) is 6.07 Å². The lowest BCUT2D eigenvalue weighted by molar-refractivity contribution is 0.0985. The molecular weight excluding hydrogens is 435 g/mol. The van der Waals surface area contributed by atoms with Crippen LogP contribution in [0.5, 0.6) is 0 Å². The number of halogens is 2. The molecule has 0 fully saturated rings. The molecule has 0 radical (unpaired) electrons. The molecule has 0 spiro atoms. The Balaban J connectivity index is 1.95. The highest BCUT2D eigenvalue weighted by Crippen LogP contribution is 2.23. The zero-order valence-corrected chi connectivity index (χ0v) is 17.8. The van der Waals surface area contributed by atoms with Crippen molar-refractivity contribution in [3.8, 4) is 11.8 Å². The summed E-state index contributed by atoms with van der Waals surface area (Å²) in [6, 6.07) is 16.8. The molecule has 6 nitrogen and oxygen atoms in total. The average Bonchev–Trinajstić information content (AvgIpc) is 2.75. The Morgan fingerprint density at radius 1 is 1.10 bits per heavy atom. The number of rotatable bonds is 4. The van der Waals surface area contributed by atoms with Crippen LogP contribution < -0.4 is 5.56 Å². The molecule has 0 aliphatic rings. The standard InChI is InChI=1S/C23H14Cl2N4O2/c1-13-6-7-14(12-26)22(27-13)20(30)11-21-28-18-9-8-15(24)10-16(18)23(31)29(21)19-5-3-2-4-17(19)25/h2-10H,11H2,1H3. The van der Waals surface area contributed by atoms with Crippen molar-refractivity contribution in [2.75, 3.05) is 0 Å². The lowest BCUT2D eigenvalue weighted by Gasteiger charge is -2.15. The van der Waals surface area contributed by atoms with Gasteiger partial charge in [0, 0.05) is 10.7 Å². The molecule has 0 bridgehead atoms. The number of fused-ring (bicyclic) bond motifs is 1. The van der Waals surface area contributed by atoms with Crippen molar-refractivity contribution in [1.29, 1.82) is 5.26 Å². The molecule has 2 heterocycles. The molecule has 0 saturated carbocycles. The number of para-hydroxylation sites is 1. The smallest absolute Gasteiger partial charge is 0.266 e. The van der Waals surface area contributed by atoms with Crippen molar-refractivity contribution in [1.82, 2.24) is 14.5 Å². The van der Waals surface area contributed by atoms with E-state index in [1.54, 1.807) is 55.5 Å². The van der Waals surface area contributed by atoms with Crippen LogP contribution in [-0.4, -0.2) is 20.3 Å². The van der Waals surface area contributed by atoms with Gasteiger partial charge in [0.15, 0.2) is 5.78 Å². The van der Waals surface area contributed by atoms with Crippen LogP contribution in [-0.2, 0) is 6.42 Å². The normalized spacial score (nSPS) is 10.8. The Kier molecular flexibility index (Phi) is 5.55. The number of benzene rings is 2. The molecule has 8 heteroatoms. The van der Waals surface area contributed by atoms with Gasteiger partial charge in [-0.15, -0.1) is 0 Å². The predicted octanol–water partition coefficient (Wildman–Crippen LogP) is 4.69. The fourth-order valence-electron chi connectivity index (χ4n) is 3.29. The van der Waals surface area contributed by atoms with Gasteiger partial charge < -0.3 is 0 Å². The maximum Gasteiger partial charge on any atom is 0.266 e. The highest BCUT2D eigenvalue weighted by molar-refractivity contribution is 6.32. The van der Waals surface area contributed by atoms with E-state index in [-0.39, 0.29) is 23.5 Å². The summed E-state index contributed by atoms with van der Waals surface area (Å²) >= 11 is 12.4. The van der Waals surface area contributed by atoms with Gasteiger partial charge in [-0.3, -0.25) is 14.2 Å². The number of nitrogens with zero attached hydrogens (tertiary/aromatic N) is 4. The first-order valence-electron chi connectivity index (χ1n) is 9.26. The summed E-state index contributed by atoms with van der Waals surface area (Å²) in [5, 5.41) is 10.4. The van der Waals surface area contributed by atoms with Crippen molar-refractivity contribution < 1.29 is 4.79 Å². The Morgan fingerprint density at radius 3 is 2.61 bits per heavy atom. The van der Waals surface area contributed by atoms with E-state index in [9.17, 15) is 14.9 Å². The minimum Gasteiger partial charge on any atom is -0.292 e. The number of carbonyl (C=O) groups excluding carboxylic acids is 1. The van der Waals surface area contributed by atoms with Gasteiger partial charge in [-0.05, 0) is 49.4 Å². The van der Waals surface area contributed by atoms with Crippen molar-refractivity contribution in [2.24, 2.45) is 0 Å². The van der Waals surface area contributed by atoms with Crippen LogP contribution >= 0.6 is 23.2 Å². The fourth-order valence-corrected chi connectivity index (χ4v) is 3.68. The molecule has 4 rings (SSSR count). The average molecular weight is 449 g/mol. The summed E-state index contributed by atoms with van der Waals surface area (Å²) in [7, 11) is 0. The third-order valence-corrected chi connectivity index (χ3v) is 5.29. The molecule has 0 unspecified atom stereocenters. The van der Waals surface area contributed by atoms with Gasteiger partial charge >= 0.3 is 0 Å². The van der Waals surface area contributed by atoms with Gasteiger partial charge in [0.2, 0.25) is 0 Å².